The first-order chi connectivity index (χ1) is 11.4. The number of rotatable bonds is 5. The summed E-state index contributed by atoms with van der Waals surface area (Å²) in [7, 11) is 0. The second kappa shape index (κ2) is 8.09. The number of carbonyl (C=O) groups excluding carboxylic acids is 2. The molecule has 2 aliphatic rings. The van der Waals surface area contributed by atoms with Crippen LogP contribution in [0.5, 0.6) is 0 Å². The highest BCUT2D eigenvalue weighted by Gasteiger charge is 2.48. The topological polar surface area (TPSA) is 85.8 Å². The zero-order valence-corrected chi connectivity index (χ0v) is 15.8. The van der Waals surface area contributed by atoms with Gasteiger partial charge < -0.3 is 15.5 Å². The number of carbonyl (C=O) groups is 2. The van der Waals surface area contributed by atoms with Crippen molar-refractivity contribution in [3.8, 4) is 0 Å². The molecule has 24 heavy (non-hydrogen) atoms. The number of aliphatic imine (C=N–C) groups is 1. The summed E-state index contributed by atoms with van der Waals surface area (Å²) in [5.41, 5.74) is -0.786. The van der Waals surface area contributed by atoms with E-state index in [4.69, 9.17) is 4.99 Å². The number of piperidine rings is 1. The molecule has 8 heteroatoms. The highest BCUT2D eigenvalue weighted by molar-refractivity contribution is 7.99. The number of nitrogens with one attached hydrogen (secondary N) is 3. The van der Waals surface area contributed by atoms with Crippen LogP contribution in [0.15, 0.2) is 4.99 Å². The Hall–Kier alpha value is -1.44. The van der Waals surface area contributed by atoms with E-state index in [2.05, 4.69) is 41.0 Å². The molecular weight excluding hydrogens is 326 g/mol. The van der Waals surface area contributed by atoms with Crippen molar-refractivity contribution in [3.63, 3.8) is 0 Å². The minimum Gasteiger partial charge on any atom is -0.357 e. The number of urea groups is 1. The highest BCUT2D eigenvalue weighted by Crippen LogP contribution is 2.30. The van der Waals surface area contributed by atoms with Crippen LogP contribution in [0.4, 0.5) is 4.79 Å². The van der Waals surface area contributed by atoms with E-state index in [-0.39, 0.29) is 17.9 Å². The molecule has 0 spiro atoms. The van der Waals surface area contributed by atoms with Gasteiger partial charge in [0.05, 0.1) is 6.54 Å². The van der Waals surface area contributed by atoms with Gasteiger partial charge >= 0.3 is 6.03 Å². The first kappa shape index (κ1) is 18.9. The van der Waals surface area contributed by atoms with Gasteiger partial charge in [-0.1, -0.05) is 6.92 Å². The predicted molar refractivity (Wildman–Crippen MR) is 98.3 cm³/mol. The summed E-state index contributed by atoms with van der Waals surface area (Å²) in [6.07, 6.45) is 3.81. The molecule has 2 heterocycles. The van der Waals surface area contributed by atoms with Crippen molar-refractivity contribution in [2.75, 3.05) is 32.4 Å². The summed E-state index contributed by atoms with van der Waals surface area (Å²) in [6.45, 7) is 9.37. The maximum Gasteiger partial charge on any atom is 0.322 e. The second-order valence-corrected chi connectivity index (χ2v) is 7.89. The van der Waals surface area contributed by atoms with Crippen LogP contribution in [-0.2, 0) is 4.79 Å². The molecule has 2 atom stereocenters. The predicted octanol–water partition coefficient (Wildman–Crippen LogP) is 1.01. The number of nitrogens with zero attached hydrogens (tertiary/aromatic N) is 2. The molecular formula is C16H29N5O2S. The maximum absolute atomic E-state index is 12.1. The van der Waals surface area contributed by atoms with Gasteiger partial charge in [0.25, 0.3) is 5.91 Å². The van der Waals surface area contributed by atoms with E-state index in [0.717, 1.165) is 45.0 Å². The molecule has 2 rings (SSSR count). The smallest absolute Gasteiger partial charge is 0.322 e. The average molecular weight is 356 g/mol. The number of thioether (sulfide) groups is 1. The van der Waals surface area contributed by atoms with Crippen molar-refractivity contribution in [3.05, 3.63) is 0 Å². The van der Waals surface area contributed by atoms with E-state index >= 15 is 0 Å². The standard InChI is InChI=1S/C16H29N5O2S/c1-5-17-14(18-10-11(2)24-4)21-8-6-12(7-9-21)16(3)13(22)19-15(23)20-16/h11-12H,5-10H2,1-4H3,(H,17,18)(H2,19,20,22,23). The Bertz CT molecular complexity index is 505. The molecule has 2 unspecified atom stereocenters. The van der Waals surface area contributed by atoms with Gasteiger partial charge in [-0.15, -0.1) is 0 Å². The molecule has 0 bridgehead atoms. The van der Waals surface area contributed by atoms with Crippen LogP contribution in [0.1, 0.15) is 33.6 Å². The fourth-order valence-corrected chi connectivity index (χ4v) is 3.45. The number of amides is 3. The van der Waals surface area contributed by atoms with E-state index in [1.54, 1.807) is 0 Å². The van der Waals surface area contributed by atoms with Crippen molar-refractivity contribution >= 4 is 29.7 Å². The number of hydrogen-bond donors (Lipinski definition) is 3. The summed E-state index contributed by atoms with van der Waals surface area (Å²) < 4.78 is 0. The molecule has 136 valence electrons. The lowest BCUT2D eigenvalue weighted by Crippen LogP contribution is -2.55. The Morgan fingerprint density at radius 1 is 1.46 bits per heavy atom. The number of imide groups is 1. The van der Waals surface area contributed by atoms with Crippen molar-refractivity contribution in [1.82, 2.24) is 20.9 Å². The zero-order chi connectivity index (χ0) is 17.7. The van der Waals surface area contributed by atoms with Crippen LogP contribution in [-0.4, -0.2) is 66.0 Å². The summed E-state index contributed by atoms with van der Waals surface area (Å²) in [4.78, 5) is 30.5. The van der Waals surface area contributed by atoms with Gasteiger partial charge in [0.2, 0.25) is 0 Å². The van der Waals surface area contributed by atoms with E-state index < -0.39 is 5.54 Å². The molecule has 0 aromatic heterocycles. The van der Waals surface area contributed by atoms with E-state index in [1.165, 1.54) is 0 Å². The Kier molecular flexibility index (Phi) is 6.37. The monoisotopic (exact) mass is 355 g/mol. The highest BCUT2D eigenvalue weighted by atomic mass is 32.2. The lowest BCUT2D eigenvalue weighted by molar-refractivity contribution is -0.125. The first-order valence-corrected chi connectivity index (χ1v) is 9.89. The summed E-state index contributed by atoms with van der Waals surface area (Å²) in [5.74, 6) is 0.885. The molecule has 0 aromatic carbocycles. The zero-order valence-electron chi connectivity index (χ0n) is 15.0. The van der Waals surface area contributed by atoms with Gasteiger partial charge in [-0.3, -0.25) is 15.1 Å². The fraction of sp³-hybridized carbons (Fsp3) is 0.812. The Morgan fingerprint density at radius 2 is 2.12 bits per heavy atom. The summed E-state index contributed by atoms with van der Waals surface area (Å²) in [5, 5.41) is 9.01. The van der Waals surface area contributed by atoms with E-state index in [1.807, 2.05) is 18.7 Å². The van der Waals surface area contributed by atoms with Gasteiger partial charge in [-0.05, 0) is 38.9 Å². The molecule has 2 saturated heterocycles. The van der Waals surface area contributed by atoms with Crippen LogP contribution in [0.3, 0.4) is 0 Å². The van der Waals surface area contributed by atoms with Gasteiger partial charge in [0.1, 0.15) is 5.54 Å². The molecule has 0 radical (unpaired) electrons. The van der Waals surface area contributed by atoms with Gasteiger partial charge in [-0.2, -0.15) is 11.8 Å². The molecule has 2 aliphatic heterocycles. The van der Waals surface area contributed by atoms with Crippen LogP contribution in [0.2, 0.25) is 0 Å². The third kappa shape index (κ3) is 4.15. The molecule has 0 aliphatic carbocycles. The third-order valence-electron chi connectivity index (χ3n) is 4.92. The van der Waals surface area contributed by atoms with Crippen molar-refractivity contribution in [2.45, 2.75) is 44.4 Å². The van der Waals surface area contributed by atoms with Crippen LogP contribution in [0.25, 0.3) is 0 Å². The van der Waals surface area contributed by atoms with E-state index in [9.17, 15) is 9.59 Å². The molecule has 3 amide bonds. The lowest BCUT2D eigenvalue weighted by Gasteiger charge is -2.39. The first-order valence-electron chi connectivity index (χ1n) is 8.60. The quantitative estimate of drug-likeness (QED) is 0.389. The van der Waals surface area contributed by atoms with Crippen LogP contribution in [0, 0.1) is 5.92 Å². The summed E-state index contributed by atoms with van der Waals surface area (Å²) in [6, 6.07) is -0.383. The van der Waals surface area contributed by atoms with Gasteiger partial charge in [0.15, 0.2) is 5.96 Å². The molecule has 2 fully saturated rings. The molecule has 3 N–H and O–H groups in total. The van der Waals surface area contributed by atoms with Crippen LogP contribution < -0.4 is 16.0 Å². The van der Waals surface area contributed by atoms with Crippen molar-refractivity contribution in [2.24, 2.45) is 10.9 Å². The van der Waals surface area contributed by atoms with Crippen LogP contribution >= 0.6 is 11.8 Å². The molecule has 0 saturated carbocycles. The minimum atomic E-state index is -0.786. The Labute approximate surface area is 148 Å². The number of guanidine groups is 1. The average Bonchev–Trinajstić information content (AvgIpc) is 2.84. The van der Waals surface area contributed by atoms with Gasteiger partial charge in [0, 0.05) is 24.9 Å². The third-order valence-corrected chi connectivity index (χ3v) is 5.87. The number of likely N-dealkylation sites (tertiary alicyclic amines) is 1. The summed E-state index contributed by atoms with van der Waals surface area (Å²) >= 11 is 1.81. The second-order valence-electron chi connectivity index (χ2n) is 6.61. The fourth-order valence-electron chi connectivity index (χ4n) is 3.23. The lowest BCUT2D eigenvalue weighted by atomic mass is 9.79. The van der Waals surface area contributed by atoms with E-state index in [0.29, 0.717) is 5.25 Å². The maximum atomic E-state index is 12.1. The Balaban J connectivity index is 1.97. The largest absolute Gasteiger partial charge is 0.357 e. The normalized spacial score (nSPS) is 27.0. The van der Waals surface area contributed by atoms with Gasteiger partial charge in [-0.25, -0.2) is 4.79 Å². The SMILES string of the molecule is CCNC(=NCC(C)SC)N1CCC(C2(C)NC(=O)NC2=O)CC1. The molecule has 0 aromatic rings. The Morgan fingerprint density at radius 3 is 2.62 bits per heavy atom. The minimum absolute atomic E-state index is 0.146. The molecule has 7 nitrogen and oxygen atoms in total. The van der Waals surface area contributed by atoms with Crippen molar-refractivity contribution < 1.29 is 9.59 Å². The number of hydrogen-bond acceptors (Lipinski definition) is 4. The van der Waals surface area contributed by atoms with Crippen molar-refractivity contribution in [1.29, 1.82) is 0 Å².